The van der Waals surface area contributed by atoms with Crippen LogP contribution in [0.15, 0.2) is 36.7 Å². The molecule has 0 aliphatic rings. The van der Waals surface area contributed by atoms with Gasteiger partial charge in [0.1, 0.15) is 5.69 Å². The normalized spacial score (nSPS) is 10.5. The first kappa shape index (κ1) is 11.1. The molecule has 0 spiro atoms. The molecule has 0 aliphatic carbocycles. The monoisotopic (exact) mass is 255 g/mol. The second-order valence-electron chi connectivity index (χ2n) is 3.78. The van der Waals surface area contributed by atoms with Crippen LogP contribution in [-0.2, 0) is 0 Å². The lowest BCUT2D eigenvalue weighted by Crippen LogP contribution is -2.12. The van der Waals surface area contributed by atoms with Crippen LogP contribution in [0.4, 0.5) is 0 Å². The summed E-state index contributed by atoms with van der Waals surface area (Å²) in [6.45, 7) is 0. The number of hydrogen-bond donors (Lipinski definition) is 2. The topological polar surface area (TPSA) is 115 Å². The predicted molar refractivity (Wildman–Crippen MR) is 65.3 cm³/mol. The summed E-state index contributed by atoms with van der Waals surface area (Å²) >= 11 is 0. The van der Waals surface area contributed by atoms with Crippen LogP contribution in [0.1, 0.15) is 10.5 Å². The van der Waals surface area contributed by atoms with Crippen molar-refractivity contribution in [1.29, 1.82) is 0 Å². The summed E-state index contributed by atoms with van der Waals surface area (Å²) in [4.78, 5) is 11.2. The number of rotatable bonds is 3. The number of carbonyl (C=O) groups excluding carboxylic acids is 1. The van der Waals surface area contributed by atoms with Crippen molar-refractivity contribution in [1.82, 2.24) is 30.4 Å². The molecule has 0 atom stereocenters. The van der Waals surface area contributed by atoms with E-state index in [0.29, 0.717) is 5.69 Å². The van der Waals surface area contributed by atoms with Crippen molar-refractivity contribution in [3.8, 4) is 16.9 Å². The van der Waals surface area contributed by atoms with Crippen LogP contribution in [0.5, 0.6) is 0 Å². The van der Waals surface area contributed by atoms with E-state index in [1.54, 1.807) is 29.2 Å². The number of nitrogens with one attached hydrogen (secondary N) is 1. The molecular weight excluding hydrogens is 246 g/mol. The van der Waals surface area contributed by atoms with Gasteiger partial charge in [-0.2, -0.15) is 15.4 Å². The van der Waals surface area contributed by atoms with Gasteiger partial charge >= 0.3 is 0 Å². The zero-order chi connectivity index (χ0) is 13.2. The summed E-state index contributed by atoms with van der Waals surface area (Å²) in [6.07, 6.45) is 3.33. The second-order valence-corrected chi connectivity index (χ2v) is 3.78. The fourth-order valence-corrected chi connectivity index (χ4v) is 1.72. The van der Waals surface area contributed by atoms with E-state index in [2.05, 4.69) is 25.7 Å². The van der Waals surface area contributed by atoms with E-state index in [-0.39, 0.29) is 5.69 Å². The number of benzene rings is 1. The average Bonchev–Trinajstić information content (AvgIpc) is 3.10. The number of H-pyrrole nitrogens is 1. The highest BCUT2D eigenvalue weighted by Gasteiger charge is 2.14. The minimum atomic E-state index is -0.621. The van der Waals surface area contributed by atoms with Crippen LogP contribution in [0, 0.1) is 0 Å². The third-order valence-electron chi connectivity index (χ3n) is 2.61. The summed E-state index contributed by atoms with van der Waals surface area (Å²) in [5.41, 5.74) is 7.36. The van der Waals surface area contributed by atoms with Crippen molar-refractivity contribution in [2.24, 2.45) is 5.73 Å². The van der Waals surface area contributed by atoms with E-state index in [0.717, 1.165) is 11.3 Å². The zero-order valence-electron chi connectivity index (χ0n) is 9.69. The molecule has 8 heteroatoms. The molecule has 0 saturated carbocycles. The highest BCUT2D eigenvalue weighted by atomic mass is 16.1. The van der Waals surface area contributed by atoms with Crippen LogP contribution in [0.25, 0.3) is 16.9 Å². The van der Waals surface area contributed by atoms with Gasteiger partial charge in [0.25, 0.3) is 5.91 Å². The van der Waals surface area contributed by atoms with Gasteiger partial charge in [-0.05, 0) is 12.1 Å². The molecule has 2 aromatic heterocycles. The fraction of sp³-hybridized carbons (Fsp3) is 0. The zero-order valence-corrected chi connectivity index (χ0v) is 9.69. The first-order valence-corrected chi connectivity index (χ1v) is 5.43. The molecule has 0 bridgehead atoms. The number of carbonyl (C=O) groups is 1. The van der Waals surface area contributed by atoms with E-state index in [1.807, 2.05) is 12.1 Å². The molecule has 19 heavy (non-hydrogen) atoms. The molecular formula is C11H9N7O. The van der Waals surface area contributed by atoms with Crippen molar-refractivity contribution in [3.63, 3.8) is 0 Å². The highest BCUT2D eigenvalue weighted by molar-refractivity contribution is 5.96. The molecule has 94 valence electrons. The van der Waals surface area contributed by atoms with E-state index in [1.165, 1.54) is 0 Å². The Labute approximate surface area is 107 Å². The summed E-state index contributed by atoms with van der Waals surface area (Å²) in [6, 6.07) is 7.29. The second kappa shape index (κ2) is 4.33. The number of amides is 1. The lowest BCUT2D eigenvalue weighted by atomic mass is 10.1. The quantitative estimate of drug-likeness (QED) is 0.691. The molecule has 3 N–H and O–H groups in total. The molecule has 2 heterocycles. The third-order valence-corrected chi connectivity index (χ3v) is 2.61. The van der Waals surface area contributed by atoms with Gasteiger partial charge in [-0.25, -0.2) is 4.68 Å². The van der Waals surface area contributed by atoms with Gasteiger partial charge in [0.05, 0.1) is 18.1 Å². The molecule has 0 aliphatic heterocycles. The van der Waals surface area contributed by atoms with Crippen molar-refractivity contribution in [2.75, 3.05) is 0 Å². The molecule has 3 rings (SSSR count). The maximum absolute atomic E-state index is 11.2. The predicted octanol–water partition coefficient (Wildman–Crippen LogP) is 0.151. The van der Waals surface area contributed by atoms with Crippen LogP contribution in [-0.4, -0.2) is 36.3 Å². The molecule has 0 unspecified atom stereocenters. The van der Waals surface area contributed by atoms with Crippen molar-refractivity contribution in [3.05, 3.63) is 42.4 Å². The van der Waals surface area contributed by atoms with E-state index in [9.17, 15) is 4.79 Å². The largest absolute Gasteiger partial charge is 0.364 e. The molecule has 0 saturated heterocycles. The first-order chi connectivity index (χ1) is 9.25. The summed E-state index contributed by atoms with van der Waals surface area (Å²) in [7, 11) is 0. The van der Waals surface area contributed by atoms with Gasteiger partial charge in [-0.1, -0.05) is 17.3 Å². The average molecular weight is 255 g/mol. The highest BCUT2D eigenvalue weighted by Crippen LogP contribution is 2.20. The Kier molecular flexibility index (Phi) is 2.53. The van der Waals surface area contributed by atoms with E-state index in [4.69, 9.17) is 5.73 Å². The Balaban J connectivity index is 1.99. The number of nitrogens with zero attached hydrogens (tertiary/aromatic N) is 5. The number of nitrogens with two attached hydrogens (primary N) is 1. The van der Waals surface area contributed by atoms with Crippen LogP contribution < -0.4 is 5.73 Å². The maximum Gasteiger partial charge on any atom is 0.271 e. The van der Waals surface area contributed by atoms with Crippen LogP contribution in [0.2, 0.25) is 0 Å². The number of aromatic nitrogens is 6. The van der Waals surface area contributed by atoms with Gasteiger partial charge in [0, 0.05) is 5.56 Å². The Morgan fingerprint density at radius 2 is 2.00 bits per heavy atom. The van der Waals surface area contributed by atoms with Gasteiger partial charge in [0.15, 0.2) is 5.69 Å². The molecule has 0 fully saturated rings. The molecule has 1 amide bonds. The SMILES string of the molecule is NC(=O)c1n[nH]nc1-c1ccc(-n2ccnn2)cc1. The number of primary amides is 1. The Hall–Kier alpha value is -3.03. The van der Waals surface area contributed by atoms with E-state index >= 15 is 0 Å². The van der Waals surface area contributed by atoms with Gasteiger partial charge < -0.3 is 5.73 Å². The lowest BCUT2D eigenvalue weighted by molar-refractivity contribution is 0.0996. The third kappa shape index (κ3) is 1.95. The van der Waals surface area contributed by atoms with Crippen molar-refractivity contribution >= 4 is 5.91 Å². The fourth-order valence-electron chi connectivity index (χ4n) is 1.72. The first-order valence-electron chi connectivity index (χ1n) is 5.43. The molecule has 8 nitrogen and oxygen atoms in total. The smallest absolute Gasteiger partial charge is 0.271 e. The number of aromatic amines is 1. The summed E-state index contributed by atoms with van der Waals surface area (Å²) in [5.74, 6) is -0.621. The minimum Gasteiger partial charge on any atom is -0.364 e. The maximum atomic E-state index is 11.2. The van der Waals surface area contributed by atoms with Gasteiger partial charge in [0.2, 0.25) is 0 Å². The number of hydrogen-bond acceptors (Lipinski definition) is 5. The Morgan fingerprint density at radius 3 is 2.63 bits per heavy atom. The van der Waals surface area contributed by atoms with Crippen molar-refractivity contribution in [2.45, 2.75) is 0 Å². The van der Waals surface area contributed by atoms with Crippen LogP contribution in [0.3, 0.4) is 0 Å². The lowest BCUT2D eigenvalue weighted by Gasteiger charge is -2.02. The molecule has 1 aromatic carbocycles. The van der Waals surface area contributed by atoms with Crippen molar-refractivity contribution < 1.29 is 4.79 Å². The minimum absolute atomic E-state index is 0.119. The van der Waals surface area contributed by atoms with Gasteiger partial charge in [-0.3, -0.25) is 4.79 Å². The summed E-state index contributed by atoms with van der Waals surface area (Å²) < 4.78 is 1.63. The standard InChI is InChI=1S/C11H9N7O/c12-11(19)10-9(14-16-15-10)7-1-3-8(4-2-7)18-6-5-13-17-18/h1-6H,(H2,12,19)(H,14,15,16). The molecule has 0 radical (unpaired) electrons. The Bertz CT molecular complexity index is 699. The van der Waals surface area contributed by atoms with Crippen LogP contribution >= 0.6 is 0 Å². The van der Waals surface area contributed by atoms with Gasteiger partial charge in [-0.15, -0.1) is 5.10 Å². The Morgan fingerprint density at radius 1 is 1.21 bits per heavy atom. The molecule has 3 aromatic rings. The van der Waals surface area contributed by atoms with E-state index < -0.39 is 5.91 Å². The summed E-state index contributed by atoms with van der Waals surface area (Å²) in [5, 5.41) is 17.7.